The molecule has 1 aromatic carbocycles. The molecule has 2 fully saturated rings. The van der Waals surface area contributed by atoms with E-state index >= 15 is 0 Å². The number of amides is 1. The summed E-state index contributed by atoms with van der Waals surface area (Å²) in [6.07, 6.45) is 3.20. The fourth-order valence-electron chi connectivity index (χ4n) is 3.69. The first-order valence-corrected chi connectivity index (χ1v) is 8.45. The zero-order valence-corrected chi connectivity index (χ0v) is 14.7. The van der Waals surface area contributed by atoms with Crippen molar-refractivity contribution in [1.82, 2.24) is 20.4 Å². The van der Waals surface area contributed by atoms with Crippen LogP contribution in [0.1, 0.15) is 29.8 Å². The van der Waals surface area contributed by atoms with Gasteiger partial charge in [-0.3, -0.25) is 9.89 Å². The van der Waals surface area contributed by atoms with Gasteiger partial charge in [0.25, 0.3) is 5.91 Å². The van der Waals surface area contributed by atoms with Crippen molar-refractivity contribution >= 4 is 29.9 Å². The Morgan fingerprint density at radius 3 is 2.83 bits per heavy atom. The van der Waals surface area contributed by atoms with Crippen LogP contribution in [0, 0.1) is 0 Å². The number of nitrogens with one attached hydrogen (secondary N) is 2. The number of carbonyl (C=O) groups excluding carboxylic acids is 1. The van der Waals surface area contributed by atoms with Crippen molar-refractivity contribution in [3.8, 4) is 11.3 Å². The number of hydrogen-bond acceptors (Lipinski definition) is 3. The van der Waals surface area contributed by atoms with Gasteiger partial charge < -0.3 is 10.2 Å². The predicted octanol–water partition coefficient (Wildman–Crippen LogP) is 3.12. The van der Waals surface area contributed by atoms with Crippen LogP contribution in [-0.2, 0) is 0 Å². The van der Waals surface area contributed by atoms with E-state index in [0.29, 0.717) is 28.5 Å². The standard InChI is InChI=1S/C17H19ClN4O.ClH/c18-14-4-2-1-3-13(14)15-9-16(21-20-15)17(23)22-11-5-6-12(22)10-19-8-7-11;/h1-4,9,11-12,19H,5-8,10H2,(H,20,21);1H. The number of aromatic amines is 1. The van der Waals surface area contributed by atoms with Crippen molar-refractivity contribution in [3.63, 3.8) is 0 Å². The normalized spacial score (nSPS) is 22.8. The molecule has 2 aliphatic heterocycles. The number of halogens is 2. The van der Waals surface area contributed by atoms with Gasteiger partial charge in [0.1, 0.15) is 5.69 Å². The lowest BCUT2D eigenvalue weighted by Gasteiger charge is -2.27. The largest absolute Gasteiger partial charge is 0.330 e. The summed E-state index contributed by atoms with van der Waals surface area (Å²) in [5.74, 6) is 0.0482. The van der Waals surface area contributed by atoms with Gasteiger partial charge in [0.15, 0.2) is 0 Å². The molecule has 1 aromatic heterocycles. The van der Waals surface area contributed by atoms with E-state index in [1.54, 1.807) is 6.07 Å². The van der Waals surface area contributed by atoms with Gasteiger partial charge >= 0.3 is 0 Å². The van der Waals surface area contributed by atoms with Crippen molar-refractivity contribution in [2.24, 2.45) is 0 Å². The van der Waals surface area contributed by atoms with Crippen LogP contribution in [0.3, 0.4) is 0 Å². The van der Waals surface area contributed by atoms with E-state index in [0.717, 1.165) is 37.9 Å². The molecule has 0 aliphatic carbocycles. The molecule has 2 N–H and O–H groups in total. The van der Waals surface area contributed by atoms with E-state index in [1.807, 2.05) is 29.2 Å². The number of H-pyrrole nitrogens is 1. The number of aromatic nitrogens is 2. The molecular weight excluding hydrogens is 347 g/mol. The van der Waals surface area contributed by atoms with Gasteiger partial charge in [-0.25, -0.2) is 0 Å². The molecule has 5 nitrogen and oxygen atoms in total. The maximum atomic E-state index is 12.9. The van der Waals surface area contributed by atoms with E-state index in [9.17, 15) is 4.79 Å². The average molecular weight is 367 g/mol. The van der Waals surface area contributed by atoms with Gasteiger partial charge in [-0.1, -0.05) is 29.8 Å². The highest BCUT2D eigenvalue weighted by Gasteiger charge is 2.38. The summed E-state index contributed by atoms with van der Waals surface area (Å²) in [6.45, 7) is 1.87. The van der Waals surface area contributed by atoms with Crippen molar-refractivity contribution in [1.29, 1.82) is 0 Å². The first kappa shape index (κ1) is 17.3. The highest BCUT2D eigenvalue weighted by atomic mass is 35.5. The molecule has 0 saturated carbocycles. The van der Waals surface area contributed by atoms with E-state index in [2.05, 4.69) is 15.5 Å². The summed E-state index contributed by atoms with van der Waals surface area (Å²) < 4.78 is 0. The molecule has 2 aliphatic rings. The number of rotatable bonds is 2. The van der Waals surface area contributed by atoms with E-state index in [-0.39, 0.29) is 18.3 Å². The second-order valence-corrected chi connectivity index (χ2v) is 6.64. The van der Waals surface area contributed by atoms with Crippen molar-refractivity contribution in [2.45, 2.75) is 31.3 Å². The Kier molecular flexibility index (Phi) is 5.13. The molecule has 3 heterocycles. The maximum Gasteiger partial charge on any atom is 0.272 e. The number of nitrogens with zero attached hydrogens (tertiary/aromatic N) is 2. The van der Waals surface area contributed by atoms with Crippen LogP contribution >= 0.6 is 24.0 Å². The number of benzene rings is 1. The summed E-state index contributed by atoms with van der Waals surface area (Å²) in [6, 6.07) is 9.97. The third kappa shape index (κ3) is 3.04. The van der Waals surface area contributed by atoms with Gasteiger partial charge in [-0.05, 0) is 37.9 Å². The third-order valence-corrected chi connectivity index (χ3v) is 5.18. The Labute approximate surface area is 152 Å². The average Bonchev–Trinajstić information content (AvgIpc) is 3.11. The van der Waals surface area contributed by atoms with Gasteiger partial charge in [0, 0.05) is 24.2 Å². The van der Waals surface area contributed by atoms with Gasteiger partial charge in [0.2, 0.25) is 0 Å². The smallest absolute Gasteiger partial charge is 0.272 e. The van der Waals surface area contributed by atoms with Crippen LogP contribution < -0.4 is 5.32 Å². The highest BCUT2D eigenvalue weighted by Crippen LogP contribution is 2.31. The van der Waals surface area contributed by atoms with Crippen molar-refractivity contribution in [2.75, 3.05) is 13.1 Å². The van der Waals surface area contributed by atoms with Crippen molar-refractivity contribution < 1.29 is 4.79 Å². The molecule has 2 saturated heterocycles. The zero-order chi connectivity index (χ0) is 15.8. The van der Waals surface area contributed by atoms with Gasteiger partial charge in [0.05, 0.1) is 10.7 Å². The van der Waals surface area contributed by atoms with E-state index in [4.69, 9.17) is 11.6 Å². The Balaban J connectivity index is 0.00000169. The highest BCUT2D eigenvalue weighted by molar-refractivity contribution is 6.33. The SMILES string of the molecule is Cl.O=C(c1cc(-c2ccccc2Cl)n[nH]1)N1C2CCNCC1CC2. The Bertz CT molecular complexity index is 719. The fourth-order valence-corrected chi connectivity index (χ4v) is 3.92. The summed E-state index contributed by atoms with van der Waals surface area (Å²) in [4.78, 5) is 15.0. The van der Waals surface area contributed by atoms with Crippen LogP contribution in [0.2, 0.25) is 5.02 Å². The quantitative estimate of drug-likeness (QED) is 0.858. The molecule has 0 spiro atoms. The van der Waals surface area contributed by atoms with Crippen LogP contribution in [0.25, 0.3) is 11.3 Å². The number of carbonyl (C=O) groups is 1. The second kappa shape index (κ2) is 7.13. The molecule has 2 bridgehead atoms. The minimum atomic E-state index is 0. The molecule has 24 heavy (non-hydrogen) atoms. The van der Waals surface area contributed by atoms with Crippen LogP contribution in [-0.4, -0.2) is 46.2 Å². The molecule has 128 valence electrons. The molecule has 0 radical (unpaired) electrons. The molecule has 2 atom stereocenters. The first-order chi connectivity index (χ1) is 11.2. The van der Waals surface area contributed by atoms with Crippen molar-refractivity contribution in [3.05, 3.63) is 41.0 Å². The molecule has 1 amide bonds. The Morgan fingerprint density at radius 2 is 2.00 bits per heavy atom. The maximum absolute atomic E-state index is 12.9. The first-order valence-electron chi connectivity index (χ1n) is 8.08. The lowest BCUT2D eigenvalue weighted by molar-refractivity contribution is 0.0674. The predicted molar refractivity (Wildman–Crippen MR) is 96.7 cm³/mol. The van der Waals surface area contributed by atoms with E-state index in [1.165, 1.54) is 0 Å². The lowest BCUT2D eigenvalue weighted by atomic mass is 10.1. The lowest BCUT2D eigenvalue weighted by Crippen LogP contribution is -2.42. The summed E-state index contributed by atoms with van der Waals surface area (Å²) in [5.41, 5.74) is 2.09. The summed E-state index contributed by atoms with van der Waals surface area (Å²) in [7, 11) is 0. The number of hydrogen-bond donors (Lipinski definition) is 2. The minimum Gasteiger partial charge on any atom is -0.330 e. The minimum absolute atomic E-state index is 0. The molecule has 2 aromatic rings. The van der Waals surface area contributed by atoms with Crippen LogP contribution in [0.4, 0.5) is 0 Å². The van der Waals surface area contributed by atoms with Crippen LogP contribution in [0.5, 0.6) is 0 Å². The Morgan fingerprint density at radius 1 is 1.21 bits per heavy atom. The van der Waals surface area contributed by atoms with Gasteiger partial charge in [-0.2, -0.15) is 5.10 Å². The molecule has 4 rings (SSSR count). The molecule has 2 unspecified atom stereocenters. The summed E-state index contributed by atoms with van der Waals surface area (Å²) >= 11 is 6.22. The molecule has 7 heteroatoms. The van der Waals surface area contributed by atoms with E-state index < -0.39 is 0 Å². The fraction of sp³-hybridized carbons (Fsp3) is 0.412. The zero-order valence-electron chi connectivity index (χ0n) is 13.2. The Hall–Kier alpha value is -1.56. The number of fused-ring (bicyclic) bond motifs is 2. The van der Waals surface area contributed by atoms with Gasteiger partial charge in [-0.15, -0.1) is 12.4 Å². The molecular formula is C17H20Cl2N4O. The third-order valence-electron chi connectivity index (χ3n) is 4.85. The van der Waals surface area contributed by atoms with Crippen LogP contribution in [0.15, 0.2) is 30.3 Å². The topological polar surface area (TPSA) is 61.0 Å². The monoisotopic (exact) mass is 366 g/mol. The summed E-state index contributed by atoms with van der Waals surface area (Å²) in [5, 5.41) is 11.2. The second-order valence-electron chi connectivity index (χ2n) is 6.24.